The van der Waals surface area contributed by atoms with E-state index in [-0.39, 0.29) is 30.1 Å². The lowest BCUT2D eigenvalue weighted by Crippen LogP contribution is -2.39. The van der Waals surface area contributed by atoms with Gasteiger partial charge in [-0.3, -0.25) is 0 Å². The van der Waals surface area contributed by atoms with Gasteiger partial charge in [-0.05, 0) is 18.6 Å². The third-order valence-electron chi connectivity index (χ3n) is 3.09. The third kappa shape index (κ3) is 2.46. The molecule has 1 saturated heterocycles. The zero-order valence-electron chi connectivity index (χ0n) is 10.0. The highest BCUT2D eigenvalue weighted by atomic mass is 32.2. The van der Waals surface area contributed by atoms with E-state index in [0.717, 1.165) is 4.31 Å². The highest BCUT2D eigenvalue weighted by molar-refractivity contribution is 7.89. The van der Waals surface area contributed by atoms with Crippen LogP contribution in [0.1, 0.15) is 12.1 Å². The Morgan fingerprint density at radius 3 is 2.89 bits per heavy atom. The fourth-order valence-electron chi connectivity index (χ4n) is 1.98. The highest BCUT2D eigenvalue weighted by Crippen LogP contribution is 2.27. The van der Waals surface area contributed by atoms with Gasteiger partial charge in [0, 0.05) is 19.3 Å². The summed E-state index contributed by atoms with van der Waals surface area (Å²) in [4.78, 5) is 3.53. The van der Waals surface area contributed by atoms with Crippen molar-refractivity contribution in [3.63, 3.8) is 0 Å². The first-order valence-corrected chi connectivity index (χ1v) is 7.05. The number of nitrogens with zero attached hydrogens (tertiary/aromatic N) is 3. The molecule has 19 heavy (non-hydrogen) atoms. The number of hydrogen-bond acceptors (Lipinski definition) is 6. The van der Waals surface area contributed by atoms with Crippen LogP contribution in [0.4, 0.5) is 0 Å². The minimum atomic E-state index is -3.89. The second kappa shape index (κ2) is 4.86. The molecule has 2 rings (SSSR count). The largest absolute Gasteiger partial charge is 0.393 e. The summed E-state index contributed by atoms with van der Waals surface area (Å²) in [7, 11) is -3.89. The standard InChI is InChI=1S/C11H13N3O4S/c12-6-9-10(2-1-4-13-9)19(17,18)14-5-3-11(16,7-14)8-15/h1-2,4,15-16H,3,5,7-8H2/t11-/m1/s1. The van der Waals surface area contributed by atoms with Gasteiger partial charge < -0.3 is 10.2 Å². The summed E-state index contributed by atoms with van der Waals surface area (Å²) in [6.07, 6.45) is 1.50. The smallest absolute Gasteiger partial charge is 0.246 e. The third-order valence-corrected chi connectivity index (χ3v) is 4.96. The Balaban J connectivity index is 2.37. The molecule has 1 fully saturated rings. The van der Waals surface area contributed by atoms with Crippen LogP contribution in [0.25, 0.3) is 0 Å². The van der Waals surface area contributed by atoms with Crippen LogP contribution < -0.4 is 0 Å². The van der Waals surface area contributed by atoms with E-state index in [1.54, 1.807) is 6.07 Å². The maximum absolute atomic E-state index is 12.4. The van der Waals surface area contributed by atoms with E-state index in [1.165, 1.54) is 18.3 Å². The molecule has 0 radical (unpaired) electrons. The monoisotopic (exact) mass is 283 g/mol. The lowest BCUT2D eigenvalue weighted by atomic mass is 10.1. The molecular weight excluding hydrogens is 270 g/mol. The number of aromatic nitrogens is 1. The number of rotatable bonds is 3. The van der Waals surface area contributed by atoms with E-state index in [1.807, 2.05) is 0 Å². The van der Waals surface area contributed by atoms with Crippen LogP contribution in [0.3, 0.4) is 0 Å². The number of nitriles is 1. The molecule has 2 N–H and O–H groups in total. The number of pyridine rings is 1. The van der Waals surface area contributed by atoms with Crippen LogP contribution in [-0.4, -0.2) is 53.2 Å². The Labute approximate surface area is 110 Å². The molecule has 7 nitrogen and oxygen atoms in total. The summed E-state index contributed by atoms with van der Waals surface area (Å²) in [5.74, 6) is 0. The van der Waals surface area contributed by atoms with Crippen LogP contribution in [0.2, 0.25) is 0 Å². The van der Waals surface area contributed by atoms with Gasteiger partial charge in [-0.2, -0.15) is 9.57 Å². The second-order valence-corrected chi connectivity index (χ2v) is 6.34. The van der Waals surface area contributed by atoms with Gasteiger partial charge in [-0.25, -0.2) is 13.4 Å². The first-order chi connectivity index (χ1) is 8.93. The molecule has 0 aromatic carbocycles. The zero-order valence-corrected chi connectivity index (χ0v) is 10.8. The van der Waals surface area contributed by atoms with Gasteiger partial charge in [-0.15, -0.1) is 0 Å². The molecule has 1 aliphatic rings. The van der Waals surface area contributed by atoms with Crippen LogP contribution in [0, 0.1) is 11.3 Å². The van der Waals surface area contributed by atoms with Gasteiger partial charge in [0.25, 0.3) is 0 Å². The number of β-amino-alcohol motifs (C(OH)–C–C–N with tert-alkyl or cyclic N) is 1. The Morgan fingerprint density at radius 2 is 2.32 bits per heavy atom. The van der Waals surface area contributed by atoms with E-state index >= 15 is 0 Å². The summed E-state index contributed by atoms with van der Waals surface area (Å²) < 4.78 is 25.8. The quantitative estimate of drug-likeness (QED) is 0.740. The summed E-state index contributed by atoms with van der Waals surface area (Å²) in [6.45, 7) is -0.595. The SMILES string of the molecule is N#Cc1ncccc1S(=O)(=O)N1CC[C@](O)(CO)C1. The summed E-state index contributed by atoms with van der Waals surface area (Å²) in [6, 6.07) is 4.47. The first-order valence-electron chi connectivity index (χ1n) is 5.61. The van der Waals surface area contributed by atoms with Gasteiger partial charge >= 0.3 is 0 Å². The molecule has 1 aliphatic heterocycles. The van der Waals surface area contributed by atoms with E-state index in [2.05, 4.69) is 4.98 Å². The molecule has 2 heterocycles. The van der Waals surface area contributed by atoms with E-state index < -0.39 is 22.2 Å². The molecule has 0 saturated carbocycles. The molecule has 0 amide bonds. The van der Waals surface area contributed by atoms with Crippen molar-refractivity contribution in [1.29, 1.82) is 5.26 Å². The van der Waals surface area contributed by atoms with Crippen LogP contribution in [0.15, 0.2) is 23.2 Å². The molecule has 0 aliphatic carbocycles. The molecule has 0 unspecified atom stereocenters. The molecule has 0 bridgehead atoms. The van der Waals surface area contributed by atoms with Crippen molar-refractivity contribution < 1.29 is 18.6 Å². The Morgan fingerprint density at radius 1 is 1.58 bits per heavy atom. The molecule has 1 aromatic heterocycles. The lowest BCUT2D eigenvalue weighted by Gasteiger charge is -2.20. The van der Waals surface area contributed by atoms with Crippen molar-refractivity contribution in [3.8, 4) is 6.07 Å². The summed E-state index contributed by atoms with van der Waals surface area (Å²) in [5.41, 5.74) is -1.59. The zero-order chi connectivity index (χ0) is 14.1. The predicted octanol–water partition coefficient (Wildman–Crippen LogP) is -0.929. The van der Waals surface area contributed by atoms with Gasteiger partial charge in [-0.1, -0.05) is 0 Å². The van der Waals surface area contributed by atoms with Crippen molar-refractivity contribution in [2.75, 3.05) is 19.7 Å². The van der Waals surface area contributed by atoms with Crippen LogP contribution in [0.5, 0.6) is 0 Å². The molecule has 8 heteroatoms. The maximum atomic E-state index is 12.4. The molecule has 102 valence electrons. The molecule has 1 atom stereocenters. The average Bonchev–Trinajstić information content (AvgIpc) is 2.83. The molecule has 1 aromatic rings. The van der Waals surface area contributed by atoms with Gasteiger partial charge in [0.05, 0.1) is 6.61 Å². The Kier molecular flexibility index (Phi) is 3.56. The molecular formula is C11H13N3O4S. The number of sulfonamides is 1. The van der Waals surface area contributed by atoms with Crippen molar-refractivity contribution >= 4 is 10.0 Å². The predicted molar refractivity (Wildman–Crippen MR) is 64.4 cm³/mol. The van der Waals surface area contributed by atoms with E-state index in [4.69, 9.17) is 10.4 Å². The molecule has 0 spiro atoms. The lowest BCUT2D eigenvalue weighted by molar-refractivity contribution is -0.000735. The fraction of sp³-hybridized carbons (Fsp3) is 0.455. The normalized spacial score (nSPS) is 24.3. The van der Waals surface area contributed by atoms with Gasteiger partial charge in [0.2, 0.25) is 10.0 Å². The maximum Gasteiger partial charge on any atom is 0.246 e. The van der Waals surface area contributed by atoms with Gasteiger partial charge in [0.1, 0.15) is 16.6 Å². The minimum absolute atomic E-state index is 0.0964. The topological polar surface area (TPSA) is 115 Å². The van der Waals surface area contributed by atoms with Crippen molar-refractivity contribution in [2.45, 2.75) is 16.9 Å². The summed E-state index contributed by atoms with van der Waals surface area (Å²) >= 11 is 0. The number of aliphatic hydroxyl groups excluding tert-OH is 1. The number of hydrogen-bond donors (Lipinski definition) is 2. The van der Waals surface area contributed by atoms with Crippen molar-refractivity contribution in [3.05, 3.63) is 24.0 Å². The first kappa shape index (κ1) is 13.9. The van der Waals surface area contributed by atoms with Gasteiger partial charge in [0.15, 0.2) is 5.69 Å². The van der Waals surface area contributed by atoms with E-state index in [0.29, 0.717) is 0 Å². The van der Waals surface area contributed by atoms with Crippen molar-refractivity contribution in [2.24, 2.45) is 0 Å². The van der Waals surface area contributed by atoms with Crippen molar-refractivity contribution in [1.82, 2.24) is 9.29 Å². The number of aliphatic hydroxyl groups is 2. The average molecular weight is 283 g/mol. The minimum Gasteiger partial charge on any atom is -0.393 e. The van der Waals surface area contributed by atoms with E-state index in [9.17, 15) is 13.5 Å². The second-order valence-electron chi connectivity index (χ2n) is 4.43. The summed E-state index contributed by atoms with van der Waals surface area (Å²) in [5, 5.41) is 27.8. The Hall–Kier alpha value is -1.53. The van der Waals surface area contributed by atoms with Crippen LogP contribution in [-0.2, 0) is 10.0 Å². The Bertz CT molecular complexity index is 625. The fourth-order valence-corrected chi connectivity index (χ4v) is 3.59. The van der Waals surface area contributed by atoms with Crippen LogP contribution >= 0.6 is 0 Å². The highest BCUT2D eigenvalue weighted by Gasteiger charge is 2.42.